The molecule has 0 spiro atoms. The van der Waals surface area contributed by atoms with E-state index >= 15 is 0 Å². The van der Waals surface area contributed by atoms with E-state index < -0.39 is 0 Å². The Bertz CT molecular complexity index is 510. The molecule has 1 aromatic heterocycles. The predicted molar refractivity (Wildman–Crippen MR) is 73.3 cm³/mol. The fourth-order valence-corrected chi connectivity index (χ4v) is 3.67. The van der Waals surface area contributed by atoms with Crippen molar-refractivity contribution in [2.24, 2.45) is 0 Å². The molecule has 0 bridgehead atoms. The molecule has 1 aliphatic rings. The molecule has 0 saturated carbocycles. The number of aromatic nitrogens is 1. The summed E-state index contributed by atoms with van der Waals surface area (Å²) in [5, 5.41) is 1.03. The fraction of sp³-hybridized carbons (Fsp3) is 0.417. The summed E-state index contributed by atoms with van der Waals surface area (Å²) in [4.78, 5) is 6.83. The summed E-state index contributed by atoms with van der Waals surface area (Å²) in [7, 11) is 0. The van der Waals surface area contributed by atoms with Gasteiger partial charge in [-0.2, -0.15) is 0 Å². The van der Waals surface area contributed by atoms with Gasteiger partial charge in [0.2, 0.25) is 0 Å². The molecule has 2 aromatic rings. The van der Waals surface area contributed by atoms with Crippen molar-refractivity contribution in [2.75, 3.05) is 18.0 Å². The SMILES string of the molecule is Fc1cc2nc(N3CCCCC3)sc2cc1Br. The standard InChI is InChI=1S/C12H12BrFN2S/c13-8-6-11-10(7-9(8)14)15-12(17-11)16-4-2-1-3-5-16/h6-7H,1-5H2. The highest BCUT2D eigenvalue weighted by Crippen LogP contribution is 2.33. The maximum Gasteiger partial charge on any atom is 0.186 e. The Morgan fingerprint density at radius 2 is 2.00 bits per heavy atom. The van der Waals surface area contributed by atoms with Gasteiger partial charge in [0.05, 0.1) is 14.7 Å². The number of hydrogen-bond acceptors (Lipinski definition) is 3. The van der Waals surface area contributed by atoms with Crippen LogP contribution in [0.3, 0.4) is 0 Å². The molecular formula is C12H12BrFN2S. The smallest absolute Gasteiger partial charge is 0.186 e. The summed E-state index contributed by atoms with van der Waals surface area (Å²) in [6.07, 6.45) is 3.77. The van der Waals surface area contributed by atoms with Crippen LogP contribution in [-0.4, -0.2) is 18.1 Å². The molecule has 1 aromatic carbocycles. The first-order chi connectivity index (χ1) is 8.24. The van der Waals surface area contributed by atoms with Crippen LogP contribution in [0.5, 0.6) is 0 Å². The Balaban J connectivity index is 2.00. The summed E-state index contributed by atoms with van der Waals surface area (Å²) in [6.45, 7) is 2.15. The first-order valence-electron chi connectivity index (χ1n) is 5.74. The molecule has 0 N–H and O–H groups in total. The van der Waals surface area contributed by atoms with E-state index in [-0.39, 0.29) is 5.82 Å². The number of hydrogen-bond donors (Lipinski definition) is 0. The molecular weight excluding hydrogens is 303 g/mol. The van der Waals surface area contributed by atoms with Crippen molar-refractivity contribution >= 4 is 42.6 Å². The van der Waals surface area contributed by atoms with Crippen LogP contribution < -0.4 is 4.90 Å². The van der Waals surface area contributed by atoms with Crippen molar-refractivity contribution in [3.8, 4) is 0 Å². The second-order valence-corrected chi connectivity index (χ2v) is 6.14. The lowest BCUT2D eigenvalue weighted by Crippen LogP contribution is -2.29. The van der Waals surface area contributed by atoms with Gasteiger partial charge in [0.25, 0.3) is 0 Å². The van der Waals surface area contributed by atoms with E-state index in [4.69, 9.17) is 0 Å². The topological polar surface area (TPSA) is 16.1 Å². The minimum Gasteiger partial charge on any atom is -0.348 e. The van der Waals surface area contributed by atoms with Crippen LogP contribution in [0.25, 0.3) is 10.2 Å². The van der Waals surface area contributed by atoms with Crippen molar-refractivity contribution < 1.29 is 4.39 Å². The third kappa shape index (κ3) is 2.18. The lowest BCUT2D eigenvalue weighted by atomic mass is 10.1. The molecule has 3 rings (SSSR count). The van der Waals surface area contributed by atoms with Gasteiger partial charge >= 0.3 is 0 Å². The average molecular weight is 315 g/mol. The predicted octanol–water partition coefficient (Wildman–Crippen LogP) is 4.19. The summed E-state index contributed by atoms with van der Waals surface area (Å²) < 4.78 is 15.0. The molecule has 90 valence electrons. The van der Waals surface area contributed by atoms with E-state index in [1.807, 2.05) is 6.07 Å². The van der Waals surface area contributed by atoms with Gasteiger partial charge in [-0.3, -0.25) is 0 Å². The highest BCUT2D eigenvalue weighted by Gasteiger charge is 2.15. The largest absolute Gasteiger partial charge is 0.348 e. The molecule has 1 fully saturated rings. The Morgan fingerprint density at radius 3 is 2.76 bits per heavy atom. The first kappa shape index (κ1) is 11.4. The second-order valence-electron chi connectivity index (χ2n) is 4.28. The van der Waals surface area contributed by atoms with Crippen molar-refractivity contribution in [3.63, 3.8) is 0 Å². The van der Waals surface area contributed by atoms with Crippen LogP contribution in [0.2, 0.25) is 0 Å². The Labute approximate surface area is 112 Å². The van der Waals surface area contributed by atoms with E-state index in [2.05, 4.69) is 25.8 Å². The molecule has 0 atom stereocenters. The average Bonchev–Trinajstić information content (AvgIpc) is 2.74. The van der Waals surface area contributed by atoms with Crippen molar-refractivity contribution in [1.82, 2.24) is 4.98 Å². The first-order valence-corrected chi connectivity index (χ1v) is 7.35. The molecule has 0 amide bonds. The molecule has 17 heavy (non-hydrogen) atoms. The number of fused-ring (bicyclic) bond motifs is 1. The number of piperidine rings is 1. The molecule has 0 unspecified atom stereocenters. The van der Waals surface area contributed by atoms with Gasteiger partial charge in [0.1, 0.15) is 5.82 Å². The fourth-order valence-electron chi connectivity index (χ4n) is 2.13. The maximum atomic E-state index is 13.4. The summed E-state index contributed by atoms with van der Waals surface area (Å²) in [5.74, 6) is -0.243. The number of nitrogens with zero attached hydrogens (tertiary/aromatic N) is 2. The summed E-state index contributed by atoms with van der Waals surface area (Å²) in [5.41, 5.74) is 0.760. The van der Waals surface area contributed by atoms with Crippen LogP contribution in [0, 0.1) is 5.82 Å². The zero-order valence-corrected chi connectivity index (χ0v) is 11.7. The van der Waals surface area contributed by atoms with Crippen molar-refractivity contribution in [1.29, 1.82) is 0 Å². The van der Waals surface area contributed by atoms with E-state index in [0.29, 0.717) is 4.47 Å². The number of anilines is 1. The van der Waals surface area contributed by atoms with Crippen LogP contribution in [0.4, 0.5) is 9.52 Å². The minimum atomic E-state index is -0.243. The number of thiazole rings is 1. The van der Waals surface area contributed by atoms with Gasteiger partial charge in [0.15, 0.2) is 5.13 Å². The number of rotatable bonds is 1. The lowest BCUT2D eigenvalue weighted by Gasteiger charge is -2.25. The number of benzene rings is 1. The second kappa shape index (κ2) is 4.53. The monoisotopic (exact) mass is 314 g/mol. The van der Waals surface area contributed by atoms with Gasteiger partial charge in [-0.15, -0.1) is 0 Å². The maximum absolute atomic E-state index is 13.4. The molecule has 5 heteroatoms. The van der Waals surface area contributed by atoms with E-state index in [1.165, 1.54) is 25.3 Å². The summed E-state index contributed by atoms with van der Waals surface area (Å²) >= 11 is 4.86. The molecule has 2 nitrogen and oxygen atoms in total. The van der Waals surface area contributed by atoms with E-state index in [0.717, 1.165) is 28.4 Å². The zero-order chi connectivity index (χ0) is 11.8. The van der Waals surface area contributed by atoms with Crippen molar-refractivity contribution in [3.05, 3.63) is 22.4 Å². The molecule has 0 aliphatic carbocycles. The molecule has 0 radical (unpaired) electrons. The molecule has 1 saturated heterocycles. The van der Waals surface area contributed by atoms with Crippen molar-refractivity contribution in [2.45, 2.75) is 19.3 Å². The highest BCUT2D eigenvalue weighted by molar-refractivity contribution is 9.10. The van der Waals surface area contributed by atoms with Gasteiger partial charge < -0.3 is 4.90 Å². The van der Waals surface area contributed by atoms with Crippen LogP contribution >= 0.6 is 27.3 Å². The Kier molecular flexibility index (Phi) is 3.04. The Morgan fingerprint density at radius 1 is 1.24 bits per heavy atom. The van der Waals surface area contributed by atoms with Gasteiger partial charge in [0, 0.05) is 19.2 Å². The quantitative estimate of drug-likeness (QED) is 0.784. The normalized spacial score (nSPS) is 16.7. The highest BCUT2D eigenvalue weighted by atomic mass is 79.9. The summed E-state index contributed by atoms with van der Waals surface area (Å²) in [6, 6.07) is 3.32. The van der Waals surface area contributed by atoms with Gasteiger partial charge in [-0.1, -0.05) is 11.3 Å². The van der Waals surface area contributed by atoms with Crippen LogP contribution in [0.15, 0.2) is 16.6 Å². The zero-order valence-electron chi connectivity index (χ0n) is 9.25. The van der Waals surface area contributed by atoms with Gasteiger partial charge in [-0.05, 0) is 41.3 Å². The third-order valence-corrected chi connectivity index (χ3v) is 4.73. The van der Waals surface area contributed by atoms with Crippen LogP contribution in [-0.2, 0) is 0 Å². The minimum absolute atomic E-state index is 0.243. The van der Waals surface area contributed by atoms with Crippen LogP contribution in [0.1, 0.15) is 19.3 Å². The third-order valence-electron chi connectivity index (χ3n) is 3.05. The number of halogens is 2. The lowest BCUT2D eigenvalue weighted by molar-refractivity contribution is 0.577. The van der Waals surface area contributed by atoms with E-state index in [1.54, 1.807) is 11.3 Å². The van der Waals surface area contributed by atoms with Gasteiger partial charge in [-0.25, -0.2) is 9.37 Å². The molecule has 2 heterocycles. The molecule has 1 aliphatic heterocycles. The Hall–Kier alpha value is -0.680. The van der Waals surface area contributed by atoms with E-state index in [9.17, 15) is 4.39 Å².